The first-order valence-electron chi connectivity index (χ1n) is 6.17. The number of hydrogen-bond donors (Lipinski definition) is 0. The van der Waals surface area contributed by atoms with E-state index in [4.69, 9.17) is 5.26 Å². The molecule has 1 fully saturated rings. The third-order valence-corrected chi connectivity index (χ3v) is 4.42. The highest BCUT2D eigenvalue weighted by Crippen LogP contribution is 2.33. The zero-order chi connectivity index (χ0) is 13.1. The molecular weight excluding hydrogens is 248 g/mol. The minimum atomic E-state index is 0.0960. The molecule has 0 aromatic carbocycles. The molecule has 5 heteroatoms. The molecule has 0 aromatic rings. The van der Waals surface area contributed by atoms with Gasteiger partial charge in [0.2, 0.25) is 5.91 Å². The van der Waals surface area contributed by atoms with Crippen molar-refractivity contribution in [1.82, 2.24) is 4.90 Å². The van der Waals surface area contributed by atoms with E-state index in [9.17, 15) is 9.59 Å². The lowest BCUT2D eigenvalue weighted by Gasteiger charge is -2.18. The Morgan fingerprint density at radius 2 is 2.33 bits per heavy atom. The first-order chi connectivity index (χ1) is 8.61. The van der Waals surface area contributed by atoms with Gasteiger partial charge < -0.3 is 4.90 Å². The average Bonchev–Trinajstić information content (AvgIpc) is 2.91. The fourth-order valence-corrected chi connectivity index (χ4v) is 3.23. The zero-order valence-electron chi connectivity index (χ0n) is 10.4. The molecule has 0 radical (unpaired) electrons. The van der Waals surface area contributed by atoms with E-state index < -0.39 is 0 Å². The van der Waals surface area contributed by atoms with Crippen molar-refractivity contribution in [3.8, 4) is 6.07 Å². The Labute approximate surface area is 111 Å². The molecule has 1 aliphatic heterocycles. The van der Waals surface area contributed by atoms with Crippen LogP contribution >= 0.6 is 11.8 Å². The number of rotatable bonds is 3. The summed E-state index contributed by atoms with van der Waals surface area (Å²) in [5, 5.41) is 9.13. The lowest BCUT2D eigenvalue weighted by atomic mass is 10.1. The monoisotopic (exact) mass is 264 g/mol. The van der Waals surface area contributed by atoms with Crippen LogP contribution in [0.4, 0.5) is 0 Å². The molecule has 1 heterocycles. The normalized spacial score (nSPS) is 23.7. The zero-order valence-corrected chi connectivity index (χ0v) is 11.3. The second-order valence-corrected chi connectivity index (χ2v) is 5.96. The van der Waals surface area contributed by atoms with Crippen LogP contribution in [0.15, 0.2) is 11.3 Å². The molecule has 1 aliphatic carbocycles. The van der Waals surface area contributed by atoms with Crippen LogP contribution < -0.4 is 0 Å². The topological polar surface area (TPSA) is 61.2 Å². The van der Waals surface area contributed by atoms with Gasteiger partial charge in [-0.05, 0) is 25.2 Å². The molecule has 4 nitrogen and oxygen atoms in total. The Balaban J connectivity index is 2.02. The molecule has 2 rings (SSSR count). The third kappa shape index (κ3) is 2.75. The van der Waals surface area contributed by atoms with E-state index in [1.165, 1.54) is 11.8 Å². The van der Waals surface area contributed by atoms with Gasteiger partial charge in [-0.25, -0.2) is 0 Å². The number of thioether (sulfide) groups is 1. The predicted molar refractivity (Wildman–Crippen MR) is 69.4 cm³/mol. The Morgan fingerprint density at radius 1 is 1.56 bits per heavy atom. The lowest BCUT2D eigenvalue weighted by Crippen LogP contribution is -2.24. The Bertz CT molecular complexity index is 450. The summed E-state index contributed by atoms with van der Waals surface area (Å²) in [4.78, 5) is 24.7. The van der Waals surface area contributed by atoms with Gasteiger partial charge in [0, 0.05) is 36.9 Å². The molecule has 18 heavy (non-hydrogen) atoms. The van der Waals surface area contributed by atoms with Gasteiger partial charge >= 0.3 is 0 Å². The second kappa shape index (κ2) is 5.57. The van der Waals surface area contributed by atoms with Crippen molar-refractivity contribution in [3.05, 3.63) is 11.3 Å². The molecule has 1 amide bonds. The number of allylic oxidation sites excluding steroid dienone is 2. The standard InChI is InChI=1S/C13H16N2O2S/c1-9(16)18-8-10-5-13(17)15(7-10)12-4-2-3-11(12)6-14/h10H,2-5,7-8H2,1H3. The van der Waals surface area contributed by atoms with Gasteiger partial charge in [-0.1, -0.05) is 11.8 Å². The quantitative estimate of drug-likeness (QED) is 0.783. The maximum absolute atomic E-state index is 12.0. The molecule has 1 atom stereocenters. The minimum Gasteiger partial charge on any atom is -0.315 e. The summed E-state index contributed by atoms with van der Waals surface area (Å²) in [6.07, 6.45) is 3.10. The van der Waals surface area contributed by atoms with Crippen LogP contribution in [-0.2, 0) is 9.59 Å². The predicted octanol–water partition coefficient (Wildman–Crippen LogP) is 2.08. The van der Waals surface area contributed by atoms with Crippen molar-refractivity contribution in [2.45, 2.75) is 32.6 Å². The van der Waals surface area contributed by atoms with Gasteiger partial charge in [0.25, 0.3) is 0 Å². The van der Waals surface area contributed by atoms with Crippen LogP contribution in [0.5, 0.6) is 0 Å². The van der Waals surface area contributed by atoms with Gasteiger partial charge in [-0.15, -0.1) is 0 Å². The van der Waals surface area contributed by atoms with Gasteiger partial charge in [0.05, 0.1) is 6.07 Å². The molecule has 1 unspecified atom stereocenters. The van der Waals surface area contributed by atoms with Gasteiger partial charge in [-0.3, -0.25) is 9.59 Å². The van der Waals surface area contributed by atoms with Crippen molar-refractivity contribution in [2.75, 3.05) is 12.3 Å². The van der Waals surface area contributed by atoms with E-state index in [1.54, 1.807) is 11.8 Å². The summed E-state index contributed by atoms with van der Waals surface area (Å²) in [6.45, 7) is 2.21. The van der Waals surface area contributed by atoms with Crippen molar-refractivity contribution in [2.24, 2.45) is 5.92 Å². The molecular formula is C13H16N2O2S. The molecule has 1 saturated heterocycles. The van der Waals surface area contributed by atoms with Gasteiger partial charge in [0.1, 0.15) is 0 Å². The summed E-state index contributed by atoms with van der Waals surface area (Å²) in [5.41, 5.74) is 1.70. The fraction of sp³-hybridized carbons (Fsp3) is 0.615. The number of hydrogen-bond acceptors (Lipinski definition) is 4. The average molecular weight is 264 g/mol. The highest BCUT2D eigenvalue weighted by molar-refractivity contribution is 8.13. The first-order valence-corrected chi connectivity index (χ1v) is 7.16. The van der Waals surface area contributed by atoms with Crippen LogP contribution in [0.2, 0.25) is 0 Å². The number of carbonyl (C=O) groups excluding carboxylic acids is 2. The SMILES string of the molecule is CC(=O)SCC1CC(=O)N(C2=C(C#N)CCC2)C1. The Morgan fingerprint density at radius 3 is 3.00 bits per heavy atom. The second-order valence-electron chi connectivity index (χ2n) is 4.77. The smallest absolute Gasteiger partial charge is 0.227 e. The molecule has 0 spiro atoms. The maximum atomic E-state index is 12.0. The number of likely N-dealkylation sites (tertiary alicyclic amines) is 1. The summed E-state index contributed by atoms with van der Waals surface area (Å²) in [7, 11) is 0. The van der Waals surface area contributed by atoms with E-state index in [0.29, 0.717) is 18.7 Å². The van der Waals surface area contributed by atoms with Crippen molar-refractivity contribution in [3.63, 3.8) is 0 Å². The minimum absolute atomic E-state index is 0.0960. The van der Waals surface area contributed by atoms with Crippen LogP contribution in [-0.4, -0.2) is 28.2 Å². The van der Waals surface area contributed by atoms with Crippen molar-refractivity contribution >= 4 is 22.8 Å². The highest BCUT2D eigenvalue weighted by atomic mass is 32.2. The van der Waals surface area contributed by atoms with Crippen LogP contribution in [0.1, 0.15) is 32.6 Å². The lowest BCUT2D eigenvalue weighted by molar-refractivity contribution is -0.126. The number of carbonyl (C=O) groups is 2. The van der Waals surface area contributed by atoms with Crippen LogP contribution in [0.25, 0.3) is 0 Å². The summed E-state index contributed by atoms with van der Waals surface area (Å²) in [5.74, 6) is 1.04. The Hall–Kier alpha value is -1.28. The Kier molecular flexibility index (Phi) is 4.07. The first kappa shape index (κ1) is 13.2. The highest BCUT2D eigenvalue weighted by Gasteiger charge is 2.34. The van der Waals surface area contributed by atoms with E-state index >= 15 is 0 Å². The van der Waals surface area contributed by atoms with E-state index in [-0.39, 0.29) is 16.9 Å². The molecule has 0 aromatic heterocycles. The largest absolute Gasteiger partial charge is 0.315 e. The molecule has 0 N–H and O–H groups in total. The van der Waals surface area contributed by atoms with Crippen molar-refractivity contribution < 1.29 is 9.59 Å². The van der Waals surface area contributed by atoms with Crippen molar-refractivity contribution in [1.29, 1.82) is 5.26 Å². The van der Waals surface area contributed by atoms with Crippen LogP contribution in [0, 0.1) is 17.2 Å². The fourth-order valence-electron chi connectivity index (χ4n) is 2.54. The molecule has 0 bridgehead atoms. The van der Waals surface area contributed by atoms with E-state index in [0.717, 1.165) is 30.5 Å². The summed E-state index contributed by atoms with van der Waals surface area (Å²) >= 11 is 1.28. The van der Waals surface area contributed by atoms with Crippen LogP contribution in [0.3, 0.4) is 0 Å². The van der Waals surface area contributed by atoms with Gasteiger partial charge in [0.15, 0.2) is 5.12 Å². The number of nitriles is 1. The van der Waals surface area contributed by atoms with Gasteiger partial charge in [-0.2, -0.15) is 5.26 Å². The summed E-state index contributed by atoms with van der Waals surface area (Å²) in [6, 6.07) is 2.20. The maximum Gasteiger partial charge on any atom is 0.227 e. The third-order valence-electron chi connectivity index (χ3n) is 3.38. The van der Waals surface area contributed by atoms with E-state index in [2.05, 4.69) is 6.07 Å². The van der Waals surface area contributed by atoms with E-state index in [1.807, 2.05) is 0 Å². The summed E-state index contributed by atoms with van der Waals surface area (Å²) < 4.78 is 0. The molecule has 2 aliphatic rings. The number of nitrogens with zero attached hydrogens (tertiary/aromatic N) is 2. The molecule has 96 valence electrons. The number of amides is 1. The molecule has 0 saturated carbocycles.